The minimum atomic E-state index is -0.867. The number of carbonyl (C=O) groups is 2. The first-order valence-corrected chi connectivity index (χ1v) is 10.5. The Labute approximate surface area is 177 Å². The number of fused-ring (bicyclic) bond motifs is 1. The fourth-order valence-corrected chi connectivity index (χ4v) is 5.09. The van der Waals surface area contributed by atoms with Gasteiger partial charge in [0.1, 0.15) is 12.0 Å². The third kappa shape index (κ3) is 2.87. The number of hydrogen-bond donors (Lipinski definition) is 0. The second-order valence-corrected chi connectivity index (χ2v) is 8.53. The highest BCUT2D eigenvalue weighted by Crippen LogP contribution is 2.49. The predicted molar refractivity (Wildman–Crippen MR) is 113 cm³/mol. The van der Waals surface area contributed by atoms with Crippen LogP contribution in [0.4, 0.5) is 11.4 Å². The van der Waals surface area contributed by atoms with Crippen LogP contribution in [0.1, 0.15) is 16.5 Å². The van der Waals surface area contributed by atoms with Crippen molar-refractivity contribution in [3.8, 4) is 0 Å². The van der Waals surface area contributed by atoms with Crippen molar-refractivity contribution in [3.05, 3.63) is 81.5 Å². The van der Waals surface area contributed by atoms with E-state index in [2.05, 4.69) is 0 Å². The van der Waals surface area contributed by atoms with E-state index in [9.17, 15) is 9.59 Å². The molecule has 29 heavy (non-hydrogen) atoms. The summed E-state index contributed by atoms with van der Waals surface area (Å²) >= 11 is 7.63. The zero-order valence-corrected chi connectivity index (χ0v) is 17.1. The van der Waals surface area contributed by atoms with Crippen LogP contribution in [0.25, 0.3) is 0 Å². The van der Waals surface area contributed by atoms with E-state index in [1.807, 2.05) is 48.7 Å². The van der Waals surface area contributed by atoms with Gasteiger partial charge in [-0.15, -0.1) is 11.3 Å². The fourth-order valence-electron chi connectivity index (χ4n) is 4.05. The van der Waals surface area contributed by atoms with Gasteiger partial charge < -0.3 is 0 Å². The number of hydroxylamine groups is 1. The first-order chi connectivity index (χ1) is 14.1. The molecule has 7 heteroatoms. The molecule has 2 amide bonds. The number of nitrogens with zero attached hydrogens (tertiary/aromatic N) is 2. The van der Waals surface area contributed by atoms with Gasteiger partial charge in [-0.2, -0.15) is 0 Å². The summed E-state index contributed by atoms with van der Waals surface area (Å²) in [6.07, 6.45) is -0.867. The van der Waals surface area contributed by atoms with Gasteiger partial charge in [-0.3, -0.25) is 14.4 Å². The molecular weight excluding hydrogens is 408 g/mol. The average molecular weight is 425 g/mol. The summed E-state index contributed by atoms with van der Waals surface area (Å²) in [5.74, 6) is -1.25. The predicted octanol–water partition coefficient (Wildman–Crippen LogP) is 4.76. The number of carbonyl (C=O) groups excluding carboxylic acids is 2. The maximum atomic E-state index is 13.4. The van der Waals surface area contributed by atoms with Gasteiger partial charge in [0.05, 0.1) is 11.4 Å². The van der Waals surface area contributed by atoms with Crippen LogP contribution in [0.5, 0.6) is 0 Å². The molecular formula is C22H17ClN2O3S. The number of rotatable bonds is 3. The minimum absolute atomic E-state index is 0.267. The van der Waals surface area contributed by atoms with Gasteiger partial charge in [0.15, 0.2) is 6.10 Å². The molecule has 0 radical (unpaired) electrons. The van der Waals surface area contributed by atoms with Crippen LogP contribution in [0, 0.1) is 12.8 Å². The summed E-state index contributed by atoms with van der Waals surface area (Å²) < 4.78 is 0. The van der Waals surface area contributed by atoms with Crippen molar-refractivity contribution < 1.29 is 14.4 Å². The first-order valence-electron chi connectivity index (χ1n) is 9.24. The number of anilines is 2. The highest BCUT2D eigenvalue weighted by atomic mass is 35.5. The topological polar surface area (TPSA) is 49.9 Å². The summed E-state index contributed by atoms with van der Waals surface area (Å²) in [5.41, 5.74) is 2.34. The summed E-state index contributed by atoms with van der Waals surface area (Å²) in [6, 6.07) is 18.1. The molecule has 0 N–H and O–H groups in total. The molecule has 2 aliphatic rings. The standard InChI is InChI=1S/C22H17ClN2O3S/c1-13-6-2-3-9-16(13)25-19(17-10-5-11-29-17)18-20(28-25)22(27)24(21(18)26)15-8-4-7-14(23)12-15/h2-12,18-20H,1H3. The largest absolute Gasteiger partial charge is 0.273 e. The highest BCUT2D eigenvalue weighted by molar-refractivity contribution is 7.10. The van der Waals surface area contributed by atoms with E-state index >= 15 is 0 Å². The molecule has 3 atom stereocenters. The van der Waals surface area contributed by atoms with Gasteiger partial charge in [0.25, 0.3) is 5.91 Å². The SMILES string of the molecule is Cc1ccccc1N1OC2C(=O)N(c3cccc(Cl)c3)C(=O)C2C1c1cccs1. The van der Waals surface area contributed by atoms with Crippen LogP contribution in [-0.4, -0.2) is 17.9 Å². The molecule has 3 aromatic rings. The maximum Gasteiger partial charge on any atom is 0.266 e. The molecule has 0 aliphatic carbocycles. The van der Waals surface area contributed by atoms with Gasteiger partial charge in [-0.05, 0) is 48.2 Å². The Balaban J connectivity index is 1.59. The fraction of sp³-hybridized carbons (Fsp3) is 0.182. The molecule has 2 fully saturated rings. The lowest BCUT2D eigenvalue weighted by molar-refractivity contribution is -0.126. The molecule has 2 aromatic carbocycles. The van der Waals surface area contributed by atoms with E-state index in [-0.39, 0.29) is 17.9 Å². The van der Waals surface area contributed by atoms with Gasteiger partial charge in [0.2, 0.25) is 5.91 Å². The first kappa shape index (κ1) is 18.4. The van der Waals surface area contributed by atoms with Crippen LogP contribution >= 0.6 is 22.9 Å². The molecule has 3 heterocycles. The second kappa shape index (κ2) is 6.99. The number of amides is 2. The zero-order valence-electron chi connectivity index (χ0n) is 15.5. The summed E-state index contributed by atoms with van der Waals surface area (Å²) in [6.45, 7) is 1.99. The molecule has 5 rings (SSSR count). The normalized spacial score (nSPS) is 23.7. The molecule has 0 bridgehead atoms. The van der Waals surface area contributed by atoms with E-state index in [1.165, 1.54) is 4.90 Å². The summed E-state index contributed by atoms with van der Waals surface area (Å²) in [4.78, 5) is 35.0. The molecule has 2 aliphatic heterocycles. The highest BCUT2D eigenvalue weighted by Gasteiger charge is 2.60. The van der Waals surface area contributed by atoms with E-state index in [1.54, 1.807) is 40.7 Å². The number of imide groups is 1. The van der Waals surface area contributed by atoms with Crippen molar-refractivity contribution in [1.82, 2.24) is 0 Å². The van der Waals surface area contributed by atoms with Crippen LogP contribution in [0.15, 0.2) is 66.0 Å². The smallest absolute Gasteiger partial charge is 0.266 e. The van der Waals surface area contributed by atoms with E-state index in [0.717, 1.165) is 16.1 Å². The van der Waals surface area contributed by atoms with E-state index in [0.29, 0.717) is 10.7 Å². The minimum Gasteiger partial charge on any atom is -0.273 e. The van der Waals surface area contributed by atoms with Gasteiger partial charge in [0, 0.05) is 9.90 Å². The number of hydrogen-bond acceptors (Lipinski definition) is 5. The average Bonchev–Trinajstić information content (AvgIpc) is 3.40. The van der Waals surface area contributed by atoms with Crippen molar-refractivity contribution in [2.24, 2.45) is 5.92 Å². The Morgan fingerprint density at radius 2 is 1.83 bits per heavy atom. The van der Waals surface area contributed by atoms with Crippen molar-refractivity contribution in [2.45, 2.75) is 19.1 Å². The Bertz CT molecular complexity index is 1100. The van der Waals surface area contributed by atoms with Crippen molar-refractivity contribution >= 4 is 46.1 Å². The molecule has 146 valence electrons. The molecule has 5 nitrogen and oxygen atoms in total. The molecule has 2 saturated heterocycles. The Hall–Kier alpha value is -2.67. The monoisotopic (exact) mass is 424 g/mol. The van der Waals surface area contributed by atoms with Gasteiger partial charge in [-0.1, -0.05) is 41.9 Å². The third-order valence-electron chi connectivity index (χ3n) is 5.37. The van der Waals surface area contributed by atoms with Crippen molar-refractivity contribution in [1.29, 1.82) is 0 Å². The van der Waals surface area contributed by atoms with Gasteiger partial charge >= 0.3 is 0 Å². The summed E-state index contributed by atoms with van der Waals surface area (Å²) in [7, 11) is 0. The number of thiophene rings is 1. The Kier molecular flexibility index (Phi) is 4.42. The van der Waals surface area contributed by atoms with E-state index in [4.69, 9.17) is 16.4 Å². The lowest BCUT2D eigenvalue weighted by atomic mass is 9.95. The number of halogens is 1. The molecule has 1 aromatic heterocycles. The second-order valence-electron chi connectivity index (χ2n) is 7.12. The van der Waals surface area contributed by atoms with Crippen LogP contribution in [0.3, 0.4) is 0 Å². The van der Waals surface area contributed by atoms with Crippen LogP contribution in [0.2, 0.25) is 5.02 Å². The number of aryl methyl sites for hydroxylation is 1. The van der Waals surface area contributed by atoms with Crippen molar-refractivity contribution in [3.63, 3.8) is 0 Å². The van der Waals surface area contributed by atoms with Crippen LogP contribution < -0.4 is 9.96 Å². The molecule has 3 unspecified atom stereocenters. The van der Waals surface area contributed by atoms with Crippen molar-refractivity contribution in [2.75, 3.05) is 9.96 Å². The Morgan fingerprint density at radius 1 is 1.00 bits per heavy atom. The number of para-hydroxylation sites is 1. The quantitative estimate of drug-likeness (QED) is 0.569. The lowest BCUT2D eigenvalue weighted by Crippen LogP contribution is -2.37. The van der Waals surface area contributed by atoms with Crippen LogP contribution in [-0.2, 0) is 14.4 Å². The molecule has 0 spiro atoms. The molecule has 0 saturated carbocycles. The number of benzene rings is 2. The summed E-state index contributed by atoms with van der Waals surface area (Å²) in [5, 5.41) is 4.17. The third-order valence-corrected chi connectivity index (χ3v) is 6.55. The Morgan fingerprint density at radius 3 is 2.55 bits per heavy atom. The zero-order chi connectivity index (χ0) is 20.1. The lowest BCUT2D eigenvalue weighted by Gasteiger charge is -2.28. The van der Waals surface area contributed by atoms with Gasteiger partial charge in [-0.25, -0.2) is 9.96 Å². The maximum absolute atomic E-state index is 13.4. The van der Waals surface area contributed by atoms with E-state index < -0.39 is 12.0 Å².